The average molecular weight is 402 g/mol. The summed E-state index contributed by atoms with van der Waals surface area (Å²) in [6.07, 6.45) is 7.43. The van der Waals surface area contributed by atoms with E-state index in [-0.39, 0.29) is 17.2 Å². The number of nitrogens with zero attached hydrogens (tertiary/aromatic N) is 1. The molecule has 0 unspecified atom stereocenters. The zero-order chi connectivity index (χ0) is 20.0. The highest BCUT2D eigenvalue weighted by molar-refractivity contribution is 7.13. The number of hydrogen-bond acceptors (Lipinski definition) is 5. The topological polar surface area (TPSA) is 80.3 Å². The fourth-order valence-electron chi connectivity index (χ4n) is 3.95. The van der Waals surface area contributed by atoms with Crippen molar-refractivity contribution in [3.05, 3.63) is 35.3 Å². The maximum absolute atomic E-state index is 12.8. The number of nitrogens with one attached hydrogen (secondary N) is 2. The van der Waals surface area contributed by atoms with Crippen molar-refractivity contribution in [2.75, 3.05) is 17.7 Å². The van der Waals surface area contributed by atoms with Gasteiger partial charge in [-0.15, -0.1) is 11.3 Å². The van der Waals surface area contributed by atoms with Crippen LogP contribution in [-0.4, -0.2) is 23.9 Å². The molecule has 1 aromatic carbocycles. The minimum Gasteiger partial charge on any atom is -0.497 e. The largest absolute Gasteiger partial charge is 0.497 e. The number of amides is 2. The van der Waals surface area contributed by atoms with Crippen LogP contribution in [0.4, 0.5) is 10.8 Å². The molecule has 0 spiro atoms. The molecule has 2 aromatic rings. The summed E-state index contributed by atoms with van der Waals surface area (Å²) in [6, 6.07) is 5.59. The van der Waals surface area contributed by atoms with Gasteiger partial charge in [0.2, 0.25) is 11.8 Å². The van der Waals surface area contributed by atoms with Crippen LogP contribution in [-0.2, 0) is 9.59 Å². The number of ether oxygens (including phenoxy) is 1. The molecule has 1 heterocycles. The van der Waals surface area contributed by atoms with Gasteiger partial charge in [0.25, 0.3) is 0 Å². The van der Waals surface area contributed by atoms with Crippen LogP contribution in [0.15, 0.2) is 29.8 Å². The molecule has 0 radical (unpaired) electrons. The third-order valence-electron chi connectivity index (χ3n) is 5.37. The average Bonchev–Trinajstić information content (AvgIpc) is 3.16. The van der Waals surface area contributed by atoms with Crippen molar-refractivity contribution in [1.29, 1.82) is 0 Å². The Morgan fingerprint density at radius 3 is 2.46 bits per heavy atom. The van der Waals surface area contributed by atoms with E-state index >= 15 is 0 Å². The van der Waals surface area contributed by atoms with Crippen molar-refractivity contribution in [3.63, 3.8) is 0 Å². The van der Waals surface area contributed by atoms with Gasteiger partial charge in [-0.2, -0.15) is 0 Å². The molecule has 0 bridgehead atoms. The Morgan fingerprint density at radius 1 is 1.14 bits per heavy atom. The Morgan fingerprint density at radius 2 is 1.86 bits per heavy atom. The second-order valence-electron chi connectivity index (χ2n) is 7.53. The van der Waals surface area contributed by atoms with E-state index in [1.165, 1.54) is 11.3 Å². The molecular weight excluding hydrogens is 374 g/mol. The normalized spacial score (nSPS) is 15.6. The lowest BCUT2D eigenvalue weighted by atomic mass is 9.69. The Bertz CT molecular complexity index is 814. The van der Waals surface area contributed by atoms with Gasteiger partial charge in [0.05, 0.1) is 7.11 Å². The highest BCUT2D eigenvalue weighted by Crippen LogP contribution is 2.43. The summed E-state index contributed by atoms with van der Waals surface area (Å²) in [5, 5.41) is 8.31. The van der Waals surface area contributed by atoms with Gasteiger partial charge in [0.15, 0.2) is 5.13 Å². The predicted molar refractivity (Wildman–Crippen MR) is 112 cm³/mol. The van der Waals surface area contributed by atoms with E-state index in [0.29, 0.717) is 18.0 Å². The molecule has 2 amide bonds. The summed E-state index contributed by atoms with van der Waals surface area (Å²) in [5.41, 5.74) is 1.44. The number of methoxy groups -OCH3 is 1. The Kier molecular flexibility index (Phi) is 6.67. The van der Waals surface area contributed by atoms with E-state index in [1.54, 1.807) is 13.3 Å². The first-order chi connectivity index (χ1) is 13.5. The minimum absolute atomic E-state index is 0.0442. The third kappa shape index (κ3) is 5.32. The van der Waals surface area contributed by atoms with Crippen LogP contribution in [0.25, 0.3) is 0 Å². The molecule has 0 aliphatic heterocycles. The van der Waals surface area contributed by atoms with E-state index in [2.05, 4.69) is 15.6 Å². The molecule has 1 saturated carbocycles. The molecule has 1 aliphatic rings. The quantitative estimate of drug-likeness (QED) is 0.700. The SMILES string of the molecule is COc1ccc(NC(=O)CC2(CC(=O)Nc3nccs3)CCCCC2)c(C)c1. The zero-order valence-corrected chi connectivity index (χ0v) is 17.2. The number of benzene rings is 1. The first kappa shape index (κ1) is 20.3. The van der Waals surface area contributed by atoms with Crippen LogP contribution in [0, 0.1) is 12.3 Å². The van der Waals surface area contributed by atoms with Gasteiger partial charge in [-0.3, -0.25) is 9.59 Å². The highest BCUT2D eigenvalue weighted by atomic mass is 32.1. The summed E-state index contributed by atoms with van der Waals surface area (Å²) in [5.74, 6) is 0.653. The summed E-state index contributed by atoms with van der Waals surface area (Å²) in [4.78, 5) is 29.5. The fourth-order valence-corrected chi connectivity index (χ4v) is 4.49. The molecule has 1 fully saturated rings. The summed E-state index contributed by atoms with van der Waals surface area (Å²) in [6.45, 7) is 1.94. The van der Waals surface area contributed by atoms with Crippen molar-refractivity contribution in [3.8, 4) is 5.75 Å². The number of hydrogen-bond donors (Lipinski definition) is 2. The molecule has 2 N–H and O–H groups in total. The monoisotopic (exact) mass is 401 g/mol. The van der Waals surface area contributed by atoms with Gasteiger partial charge in [0, 0.05) is 30.1 Å². The number of aryl methyl sites for hydroxylation is 1. The van der Waals surface area contributed by atoms with Crippen LogP contribution in [0.5, 0.6) is 5.75 Å². The second kappa shape index (κ2) is 9.19. The van der Waals surface area contributed by atoms with E-state index < -0.39 is 0 Å². The van der Waals surface area contributed by atoms with Crippen molar-refractivity contribution < 1.29 is 14.3 Å². The molecule has 0 atom stereocenters. The summed E-state index contributed by atoms with van der Waals surface area (Å²) < 4.78 is 5.22. The zero-order valence-electron chi connectivity index (χ0n) is 16.4. The van der Waals surface area contributed by atoms with Crippen molar-refractivity contribution >= 4 is 34.0 Å². The molecule has 6 nitrogen and oxygen atoms in total. The fraction of sp³-hybridized carbons (Fsp3) is 0.476. The molecular formula is C21H27N3O3S. The predicted octanol–water partition coefficient (Wildman–Crippen LogP) is 4.77. The van der Waals surface area contributed by atoms with Gasteiger partial charge < -0.3 is 15.4 Å². The van der Waals surface area contributed by atoms with Crippen molar-refractivity contribution in [2.45, 2.75) is 51.9 Å². The smallest absolute Gasteiger partial charge is 0.226 e. The number of anilines is 2. The summed E-state index contributed by atoms with van der Waals surface area (Å²) >= 11 is 1.40. The molecule has 3 rings (SSSR count). The molecule has 7 heteroatoms. The van der Waals surface area contributed by atoms with E-state index in [0.717, 1.165) is 49.1 Å². The number of thiazole rings is 1. The highest BCUT2D eigenvalue weighted by Gasteiger charge is 2.36. The number of carbonyl (C=O) groups excluding carboxylic acids is 2. The van der Waals surface area contributed by atoms with E-state index in [9.17, 15) is 9.59 Å². The van der Waals surface area contributed by atoms with Crippen LogP contribution >= 0.6 is 11.3 Å². The molecule has 1 aromatic heterocycles. The number of carbonyl (C=O) groups is 2. The van der Waals surface area contributed by atoms with Crippen LogP contribution < -0.4 is 15.4 Å². The lowest BCUT2D eigenvalue weighted by molar-refractivity contribution is -0.122. The van der Waals surface area contributed by atoms with Crippen LogP contribution in [0.1, 0.15) is 50.5 Å². The van der Waals surface area contributed by atoms with Gasteiger partial charge >= 0.3 is 0 Å². The molecule has 150 valence electrons. The minimum atomic E-state index is -0.288. The Labute approximate surface area is 169 Å². The standard InChI is InChI=1S/C21H27N3O3S/c1-15-12-16(27-2)6-7-17(15)23-18(25)13-21(8-4-3-5-9-21)14-19(26)24-20-22-10-11-28-20/h6-7,10-12H,3-5,8-9,13-14H2,1-2H3,(H,23,25)(H,22,24,26). The van der Waals surface area contributed by atoms with Crippen molar-refractivity contribution in [2.24, 2.45) is 5.41 Å². The first-order valence-corrected chi connectivity index (χ1v) is 10.5. The van der Waals surface area contributed by atoms with Gasteiger partial charge in [-0.05, 0) is 48.9 Å². The Balaban J connectivity index is 1.66. The van der Waals surface area contributed by atoms with Gasteiger partial charge in [-0.25, -0.2) is 4.98 Å². The number of rotatable bonds is 7. The number of aromatic nitrogens is 1. The van der Waals surface area contributed by atoms with Crippen molar-refractivity contribution in [1.82, 2.24) is 4.98 Å². The molecule has 1 aliphatic carbocycles. The Hall–Kier alpha value is -2.41. The lowest BCUT2D eigenvalue weighted by Gasteiger charge is -2.36. The maximum atomic E-state index is 12.8. The first-order valence-electron chi connectivity index (χ1n) is 9.63. The summed E-state index contributed by atoms with van der Waals surface area (Å²) in [7, 11) is 1.62. The van der Waals surface area contributed by atoms with Crippen LogP contribution in [0.2, 0.25) is 0 Å². The van der Waals surface area contributed by atoms with Crippen LogP contribution in [0.3, 0.4) is 0 Å². The molecule has 28 heavy (non-hydrogen) atoms. The van der Waals surface area contributed by atoms with Gasteiger partial charge in [-0.1, -0.05) is 19.3 Å². The van der Waals surface area contributed by atoms with E-state index in [1.807, 2.05) is 30.5 Å². The second-order valence-corrected chi connectivity index (χ2v) is 8.42. The van der Waals surface area contributed by atoms with Gasteiger partial charge in [0.1, 0.15) is 5.75 Å². The van der Waals surface area contributed by atoms with E-state index in [4.69, 9.17) is 4.74 Å². The maximum Gasteiger partial charge on any atom is 0.226 e. The lowest BCUT2D eigenvalue weighted by Crippen LogP contribution is -2.34. The third-order valence-corrected chi connectivity index (χ3v) is 6.06. The molecule has 0 saturated heterocycles.